The van der Waals surface area contributed by atoms with Crippen molar-refractivity contribution in [1.82, 2.24) is 20.0 Å². The summed E-state index contributed by atoms with van der Waals surface area (Å²) < 4.78 is 7.22. The number of anilines is 1. The molecular formula is C20H25N5O2. The summed E-state index contributed by atoms with van der Waals surface area (Å²) in [5.74, 6) is 2.00. The van der Waals surface area contributed by atoms with Crippen LogP contribution in [0.1, 0.15) is 48.6 Å². The maximum Gasteiger partial charge on any atom is 0.266 e. The van der Waals surface area contributed by atoms with E-state index in [-0.39, 0.29) is 5.56 Å². The number of rotatable bonds is 4. The van der Waals surface area contributed by atoms with Crippen LogP contribution in [0.4, 0.5) is 5.82 Å². The zero-order valence-electron chi connectivity index (χ0n) is 15.5. The molecule has 0 N–H and O–H groups in total. The molecule has 2 fully saturated rings. The van der Waals surface area contributed by atoms with E-state index in [1.807, 2.05) is 6.07 Å². The molecule has 0 radical (unpaired) electrons. The first-order valence-electron chi connectivity index (χ1n) is 10.0. The van der Waals surface area contributed by atoms with Crippen LogP contribution in [0.5, 0.6) is 0 Å². The van der Waals surface area contributed by atoms with Crippen molar-refractivity contribution >= 4 is 5.82 Å². The van der Waals surface area contributed by atoms with Gasteiger partial charge in [0.25, 0.3) is 5.56 Å². The molecule has 3 aliphatic rings. The third-order valence-electron chi connectivity index (χ3n) is 5.94. The van der Waals surface area contributed by atoms with E-state index < -0.39 is 0 Å². The molecule has 2 aliphatic heterocycles. The quantitative estimate of drug-likeness (QED) is 0.822. The number of fused-ring (bicyclic) bond motifs is 1. The molecule has 0 aromatic carbocycles. The van der Waals surface area contributed by atoms with Gasteiger partial charge in [-0.25, -0.2) is 4.68 Å². The van der Waals surface area contributed by atoms with Gasteiger partial charge in [-0.3, -0.25) is 4.79 Å². The Bertz CT molecular complexity index is 884. The van der Waals surface area contributed by atoms with Crippen molar-refractivity contribution in [2.75, 3.05) is 24.6 Å². The lowest BCUT2D eigenvalue weighted by atomic mass is 9.96. The monoisotopic (exact) mass is 367 g/mol. The topological polar surface area (TPSA) is 73.1 Å². The van der Waals surface area contributed by atoms with Crippen LogP contribution in [0.25, 0.3) is 0 Å². The highest BCUT2D eigenvalue weighted by molar-refractivity contribution is 5.42. The number of piperidine rings is 1. The van der Waals surface area contributed by atoms with Gasteiger partial charge in [0.1, 0.15) is 0 Å². The Morgan fingerprint density at radius 3 is 2.78 bits per heavy atom. The first-order chi connectivity index (χ1) is 13.3. The molecule has 7 heteroatoms. The van der Waals surface area contributed by atoms with E-state index in [2.05, 4.69) is 26.3 Å². The summed E-state index contributed by atoms with van der Waals surface area (Å²) in [7, 11) is 0. The summed E-state index contributed by atoms with van der Waals surface area (Å²) in [4.78, 5) is 14.5. The maximum absolute atomic E-state index is 12.2. The number of ether oxygens (including phenoxy) is 1. The number of nitrogens with zero attached hydrogens (tertiary/aromatic N) is 5. The van der Waals surface area contributed by atoms with Crippen LogP contribution in [0.15, 0.2) is 23.0 Å². The molecule has 7 nitrogen and oxygen atoms in total. The maximum atomic E-state index is 12.2. The van der Waals surface area contributed by atoms with Crippen molar-refractivity contribution in [2.45, 2.75) is 51.2 Å². The molecule has 2 aromatic heterocycles. The Balaban J connectivity index is 1.23. The second-order valence-electron chi connectivity index (χ2n) is 7.96. The van der Waals surface area contributed by atoms with Crippen LogP contribution < -0.4 is 10.5 Å². The molecule has 4 heterocycles. The zero-order valence-corrected chi connectivity index (χ0v) is 15.5. The van der Waals surface area contributed by atoms with Crippen LogP contribution in [0.2, 0.25) is 0 Å². The van der Waals surface area contributed by atoms with Gasteiger partial charge in [-0.05, 0) is 43.7 Å². The summed E-state index contributed by atoms with van der Waals surface area (Å²) >= 11 is 0. The molecule has 1 saturated heterocycles. The molecule has 0 atom stereocenters. The van der Waals surface area contributed by atoms with Gasteiger partial charge in [0, 0.05) is 43.6 Å². The van der Waals surface area contributed by atoms with E-state index >= 15 is 0 Å². The molecule has 0 bridgehead atoms. The summed E-state index contributed by atoms with van der Waals surface area (Å²) in [5.41, 5.74) is 3.34. The van der Waals surface area contributed by atoms with E-state index in [0.29, 0.717) is 18.4 Å². The van der Waals surface area contributed by atoms with Crippen LogP contribution in [0.3, 0.4) is 0 Å². The largest absolute Gasteiger partial charge is 0.376 e. The minimum Gasteiger partial charge on any atom is -0.376 e. The second kappa shape index (κ2) is 7.03. The summed E-state index contributed by atoms with van der Waals surface area (Å²) in [6, 6.07) is 5.71. The van der Waals surface area contributed by atoms with Gasteiger partial charge in [-0.1, -0.05) is 0 Å². The zero-order chi connectivity index (χ0) is 18.2. The van der Waals surface area contributed by atoms with E-state index in [1.54, 1.807) is 10.7 Å². The average Bonchev–Trinajstić information content (AvgIpc) is 3.55. The highest BCUT2D eigenvalue weighted by atomic mass is 16.5. The molecule has 0 amide bonds. The molecule has 142 valence electrons. The smallest absolute Gasteiger partial charge is 0.266 e. The fraction of sp³-hybridized carbons (Fsp3) is 0.600. The second-order valence-corrected chi connectivity index (χ2v) is 7.96. The third-order valence-corrected chi connectivity index (χ3v) is 5.94. The van der Waals surface area contributed by atoms with Gasteiger partial charge in [0.15, 0.2) is 5.82 Å². The van der Waals surface area contributed by atoms with Gasteiger partial charge >= 0.3 is 0 Å². The highest BCUT2D eigenvalue weighted by Crippen LogP contribution is 2.38. The van der Waals surface area contributed by atoms with Gasteiger partial charge in [0.2, 0.25) is 0 Å². The fourth-order valence-electron chi connectivity index (χ4n) is 4.07. The molecule has 0 unspecified atom stereocenters. The van der Waals surface area contributed by atoms with Crippen molar-refractivity contribution < 1.29 is 4.74 Å². The normalized spacial score (nSPS) is 20.5. The first-order valence-corrected chi connectivity index (χ1v) is 10.0. The van der Waals surface area contributed by atoms with Crippen LogP contribution >= 0.6 is 0 Å². The number of hydrogen-bond acceptors (Lipinski definition) is 6. The van der Waals surface area contributed by atoms with Gasteiger partial charge in [-0.15, -0.1) is 5.10 Å². The average molecular weight is 367 g/mol. The Kier molecular flexibility index (Phi) is 4.39. The van der Waals surface area contributed by atoms with E-state index in [1.165, 1.54) is 18.4 Å². The SMILES string of the molecule is O=c1ccc(C2CC2)nn1CC1CCN(c2cc3c(nn2)CCOC3)CC1. The van der Waals surface area contributed by atoms with Crippen molar-refractivity contribution in [3.63, 3.8) is 0 Å². The van der Waals surface area contributed by atoms with Gasteiger partial charge in [-0.2, -0.15) is 10.2 Å². The minimum absolute atomic E-state index is 0.0161. The lowest BCUT2D eigenvalue weighted by Crippen LogP contribution is -2.37. The number of hydrogen-bond donors (Lipinski definition) is 0. The Labute approximate surface area is 158 Å². The number of aromatic nitrogens is 4. The molecule has 0 spiro atoms. The summed E-state index contributed by atoms with van der Waals surface area (Å²) in [6.45, 7) is 3.98. The van der Waals surface area contributed by atoms with Gasteiger partial charge < -0.3 is 9.64 Å². The molecule has 27 heavy (non-hydrogen) atoms. The van der Waals surface area contributed by atoms with Crippen molar-refractivity contribution in [3.05, 3.63) is 45.5 Å². The predicted molar refractivity (Wildman–Crippen MR) is 101 cm³/mol. The van der Waals surface area contributed by atoms with Crippen LogP contribution in [-0.4, -0.2) is 39.7 Å². The third kappa shape index (κ3) is 3.60. The Hall–Kier alpha value is -2.28. The van der Waals surface area contributed by atoms with Crippen molar-refractivity contribution in [3.8, 4) is 0 Å². The minimum atomic E-state index is 0.0161. The molecule has 1 aliphatic carbocycles. The summed E-state index contributed by atoms with van der Waals surface area (Å²) in [6.07, 6.45) is 5.34. The van der Waals surface area contributed by atoms with Crippen molar-refractivity contribution in [2.24, 2.45) is 5.92 Å². The highest BCUT2D eigenvalue weighted by Gasteiger charge is 2.27. The fourth-order valence-corrected chi connectivity index (χ4v) is 4.07. The molecule has 1 saturated carbocycles. The van der Waals surface area contributed by atoms with E-state index in [9.17, 15) is 4.79 Å². The Morgan fingerprint density at radius 1 is 1.11 bits per heavy atom. The van der Waals surface area contributed by atoms with Crippen LogP contribution in [0, 0.1) is 5.92 Å². The molecular weight excluding hydrogens is 342 g/mol. The first kappa shape index (κ1) is 16.9. The van der Waals surface area contributed by atoms with Crippen LogP contribution in [-0.2, 0) is 24.3 Å². The lowest BCUT2D eigenvalue weighted by molar-refractivity contribution is 0.108. The molecule has 5 rings (SSSR count). The predicted octanol–water partition coefficient (Wildman–Crippen LogP) is 1.90. The Morgan fingerprint density at radius 2 is 1.96 bits per heavy atom. The molecule has 2 aromatic rings. The summed E-state index contributed by atoms with van der Waals surface area (Å²) in [5, 5.41) is 13.4. The lowest BCUT2D eigenvalue weighted by Gasteiger charge is -2.33. The standard InChI is InChI=1S/C20H25N5O2/c26-20-4-3-18(15-1-2-15)23-25(20)12-14-5-8-24(9-6-14)19-11-16-13-27-10-7-17(16)21-22-19/h3-4,11,14-15H,1-2,5-10,12-13H2. The van der Waals surface area contributed by atoms with Crippen molar-refractivity contribution in [1.29, 1.82) is 0 Å². The van der Waals surface area contributed by atoms with E-state index in [0.717, 1.165) is 62.7 Å². The van der Waals surface area contributed by atoms with Gasteiger partial charge in [0.05, 0.1) is 24.6 Å². The van der Waals surface area contributed by atoms with E-state index in [4.69, 9.17) is 4.74 Å².